The first-order valence-electron chi connectivity index (χ1n) is 11.0. The van der Waals surface area contributed by atoms with Crippen molar-refractivity contribution in [2.24, 2.45) is 0 Å². The second-order valence-electron chi connectivity index (χ2n) is 7.82. The van der Waals surface area contributed by atoms with Gasteiger partial charge in [0.1, 0.15) is 5.75 Å². The number of nitrogens with one attached hydrogen (secondary N) is 2. The van der Waals surface area contributed by atoms with E-state index in [9.17, 15) is 9.59 Å². The van der Waals surface area contributed by atoms with Crippen molar-refractivity contribution in [3.8, 4) is 11.6 Å². The van der Waals surface area contributed by atoms with Crippen LogP contribution in [0.25, 0.3) is 12.2 Å². The number of hydrogen-bond acceptors (Lipinski definition) is 5. The molecule has 1 aromatic carbocycles. The Bertz CT molecular complexity index is 1190. The predicted molar refractivity (Wildman–Crippen MR) is 127 cm³/mol. The minimum Gasteiger partial charge on any atom is -0.439 e. The molecule has 33 heavy (non-hydrogen) atoms. The Balaban J connectivity index is 1.51. The van der Waals surface area contributed by atoms with Crippen LogP contribution in [0.2, 0.25) is 0 Å². The van der Waals surface area contributed by atoms with E-state index < -0.39 is 0 Å². The van der Waals surface area contributed by atoms with Gasteiger partial charge in [0, 0.05) is 30.3 Å². The summed E-state index contributed by atoms with van der Waals surface area (Å²) in [6.07, 6.45) is 9.11. The third-order valence-corrected chi connectivity index (χ3v) is 5.61. The van der Waals surface area contributed by atoms with Crippen LogP contribution in [0.4, 0.5) is 0 Å². The number of H-pyrrole nitrogens is 1. The van der Waals surface area contributed by atoms with Crippen LogP contribution in [0.3, 0.4) is 0 Å². The number of ether oxygens (including phenoxy) is 1. The molecule has 0 spiro atoms. The van der Waals surface area contributed by atoms with Crippen LogP contribution in [0, 0.1) is 0 Å². The quantitative estimate of drug-likeness (QED) is 0.508. The lowest BCUT2D eigenvalue weighted by Gasteiger charge is -2.17. The third kappa shape index (κ3) is 5.09. The summed E-state index contributed by atoms with van der Waals surface area (Å²) in [5.74, 6) is 1.42. The van der Waals surface area contributed by atoms with E-state index >= 15 is 0 Å². The van der Waals surface area contributed by atoms with Crippen molar-refractivity contribution in [2.75, 3.05) is 6.54 Å². The van der Waals surface area contributed by atoms with E-state index in [1.165, 1.54) is 0 Å². The van der Waals surface area contributed by atoms with E-state index in [4.69, 9.17) is 4.74 Å². The zero-order chi connectivity index (χ0) is 23.2. The molecule has 4 rings (SSSR count). The zero-order valence-electron chi connectivity index (χ0n) is 18.5. The normalized spacial score (nSPS) is 16.3. The lowest BCUT2D eigenvalue weighted by molar-refractivity contribution is -0.120. The van der Waals surface area contributed by atoms with Gasteiger partial charge in [-0.1, -0.05) is 18.7 Å². The SMILES string of the molecule is C=Cc1nc(C(=O)c2ccc(Oc3ncccc3[C@H]3CCNC(=O)CC3)cc2)[nH]c1/C=C\C. The van der Waals surface area contributed by atoms with Crippen molar-refractivity contribution in [3.05, 3.63) is 83.6 Å². The molecule has 168 valence electrons. The van der Waals surface area contributed by atoms with Crippen molar-refractivity contribution >= 4 is 23.8 Å². The Labute approximate surface area is 192 Å². The van der Waals surface area contributed by atoms with E-state index in [1.807, 2.05) is 31.2 Å². The van der Waals surface area contributed by atoms with E-state index in [0.717, 1.165) is 24.1 Å². The van der Waals surface area contributed by atoms with Crippen LogP contribution in [0.1, 0.15) is 65.2 Å². The van der Waals surface area contributed by atoms with Crippen LogP contribution >= 0.6 is 0 Å². The first-order valence-corrected chi connectivity index (χ1v) is 11.0. The van der Waals surface area contributed by atoms with Crippen molar-refractivity contribution in [1.29, 1.82) is 0 Å². The molecular weight excluding hydrogens is 416 g/mol. The Kier molecular flexibility index (Phi) is 6.78. The number of imidazole rings is 1. The van der Waals surface area contributed by atoms with Gasteiger partial charge in [0.2, 0.25) is 17.6 Å². The maximum Gasteiger partial charge on any atom is 0.228 e. The molecule has 2 N–H and O–H groups in total. The van der Waals surface area contributed by atoms with Gasteiger partial charge in [-0.3, -0.25) is 9.59 Å². The number of rotatable bonds is 7. The Morgan fingerprint density at radius 1 is 1.21 bits per heavy atom. The second kappa shape index (κ2) is 10.1. The van der Waals surface area contributed by atoms with Crippen molar-refractivity contribution in [2.45, 2.75) is 32.1 Å². The maximum atomic E-state index is 12.9. The van der Waals surface area contributed by atoms with Crippen LogP contribution in [0.15, 0.2) is 55.3 Å². The highest BCUT2D eigenvalue weighted by Crippen LogP contribution is 2.34. The summed E-state index contributed by atoms with van der Waals surface area (Å²) in [4.78, 5) is 36.4. The molecule has 1 saturated heterocycles. The van der Waals surface area contributed by atoms with Gasteiger partial charge >= 0.3 is 0 Å². The Morgan fingerprint density at radius 2 is 2.03 bits per heavy atom. The first kappa shape index (κ1) is 22.2. The summed E-state index contributed by atoms with van der Waals surface area (Å²) in [5, 5.41) is 2.91. The van der Waals surface area contributed by atoms with Crippen molar-refractivity contribution in [3.63, 3.8) is 0 Å². The van der Waals surface area contributed by atoms with Gasteiger partial charge in [-0.2, -0.15) is 0 Å². The second-order valence-corrected chi connectivity index (χ2v) is 7.82. The highest BCUT2D eigenvalue weighted by atomic mass is 16.5. The summed E-state index contributed by atoms with van der Waals surface area (Å²) in [6, 6.07) is 10.8. The number of hydrogen-bond donors (Lipinski definition) is 2. The molecule has 7 nitrogen and oxygen atoms in total. The van der Waals surface area contributed by atoms with E-state index in [1.54, 1.807) is 36.5 Å². The van der Waals surface area contributed by atoms with Crippen LogP contribution in [-0.2, 0) is 4.79 Å². The topological polar surface area (TPSA) is 97.0 Å². The predicted octanol–water partition coefficient (Wildman–Crippen LogP) is 4.89. The van der Waals surface area contributed by atoms with E-state index in [-0.39, 0.29) is 23.4 Å². The van der Waals surface area contributed by atoms with Gasteiger partial charge in [-0.25, -0.2) is 9.97 Å². The molecule has 0 radical (unpaired) electrons. The number of pyridine rings is 1. The molecule has 0 bridgehead atoms. The Hall–Kier alpha value is -4.00. The lowest BCUT2D eigenvalue weighted by Crippen LogP contribution is -2.21. The standard InChI is InChI=1S/C26H26N4O3/c1-3-6-22-21(4-2)29-25(30-22)24(32)18-8-11-19(12-9-18)33-26-20(7-5-15-28-26)17-10-13-23(31)27-16-14-17/h3-9,11-12,15,17H,2,10,13-14,16H2,1H3,(H,27,31)(H,29,30)/b6-3-/t17-/m1/s1. The Morgan fingerprint density at radius 3 is 2.79 bits per heavy atom. The van der Waals surface area contributed by atoms with Crippen molar-refractivity contribution in [1.82, 2.24) is 20.3 Å². The molecule has 2 aromatic heterocycles. The van der Waals surface area contributed by atoms with Gasteiger partial charge in [-0.05, 0) is 68.2 Å². The lowest BCUT2D eigenvalue weighted by atomic mass is 9.93. The number of benzene rings is 1. The molecule has 0 saturated carbocycles. The van der Waals surface area contributed by atoms with E-state index in [2.05, 4.69) is 26.8 Å². The molecule has 1 fully saturated rings. The number of allylic oxidation sites excluding steroid dienone is 1. The zero-order valence-corrected chi connectivity index (χ0v) is 18.5. The smallest absolute Gasteiger partial charge is 0.228 e. The number of nitrogens with zero attached hydrogens (tertiary/aromatic N) is 2. The monoisotopic (exact) mass is 442 g/mol. The summed E-state index contributed by atoms with van der Waals surface area (Å²) in [6.45, 7) is 6.29. The van der Waals surface area contributed by atoms with Gasteiger partial charge in [0.05, 0.1) is 11.4 Å². The minimum atomic E-state index is -0.213. The molecule has 3 heterocycles. The number of carbonyl (C=O) groups is 2. The highest BCUT2D eigenvalue weighted by Gasteiger charge is 2.22. The number of ketones is 1. The average Bonchev–Trinajstić information content (AvgIpc) is 3.12. The maximum absolute atomic E-state index is 12.9. The molecule has 3 aromatic rings. The first-order chi connectivity index (χ1) is 16.1. The van der Waals surface area contributed by atoms with Crippen LogP contribution in [0.5, 0.6) is 11.6 Å². The van der Waals surface area contributed by atoms with Gasteiger partial charge in [0.25, 0.3) is 0 Å². The van der Waals surface area contributed by atoms with Gasteiger partial charge < -0.3 is 15.0 Å². The van der Waals surface area contributed by atoms with Crippen molar-refractivity contribution < 1.29 is 14.3 Å². The molecule has 1 amide bonds. The van der Waals surface area contributed by atoms with Crippen LogP contribution in [-0.4, -0.2) is 33.2 Å². The molecule has 0 aliphatic carbocycles. The van der Waals surface area contributed by atoms with Gasteiger partial charge in [0.15, 0.2) is 5.82 Å². The summed E-state index contributed by atoms with van der Waals surface area (Å²) in [5.41, 5.74) is 2.86. The number of amides is 1. The summed E-state index contributed by atoms with van der Waals surface area (Å²) < 4.78 is 6.07. The number of aromatic nitrogens is 3. The highest BCUT2D eigenvalue weighted by molar-refractivity contribution is 6.07. The van der Waals surface area contributed by atoms with Gasteiger partial charge in [-0.15, -0.1) is 0 Å². The average molecular weight is 443 g/mol. The number of aromatic amines is 1. The third-order valence-electron chi connectivity index (χ3n) is 5.61. The summed E-state index contributed by atoms with van der Waals surface area (Å²) in [7, 11) is 0. The minimum absolute atomic E-state index is 0.0821. The summed E-state index contributed by atoms with van der Waals surface area (Å²) >= 11 is 0. The molecule has 1 aliphatic heterocycles. The molecular formula is C26H26N4O3. The van der Waals surface area contributed by atoms with Crippen LogP contribution < -0.4 is 10.1 Å². The molecule has 7 heteroatoms. The van der Waals surface area contributed by atoms with E-state index in [0.29, 0.717) is 35.9 Å². The molecule has 1 atom stereocenters. The largest absolute Gasteiger partial charge is 0.439 e. The fourth-order valence-electron chi connectivity index (χ4n) is 3.91. The number of carbonyl (C=O) groups excluding carboxylic acids is 2. The fourth-order valence-corrected chi connectivity index (χ4v) is 3.91. The molecule has 1 aliphatic rings. The molecule has 0 unspecified atom stereocenters. The fraction of sp³-hybridized carbons (Fsp3) is 0.231.